The first-order valence-electron chi connectivity index (χ1n) is 3.88. The van der Waals surface area contributed by atoms with Crippen LogP contribution >= 0.6 is 0 Å². The molecule has 0 fully saturated rings. The fraction of sp³-hybridized carbons (Fsp3) is 0.250. The molecule has 0 aliphatic rings. The van der Waals surface area contributed by atoms with Crippen LogP contribution < -0.4 is 5.73 Å². The number of alkyl halides is 5. The van der Waals surface area contributed by atoms with Gasteiger partial charge in [0.05, 0.1) is 0 Å². The Kier molecular flexibility index (Phi) is 3.11. The van der Waals surface area contributed by atoms with E-state index < -0.39 is 35.2 Å². The number of nitrogens with zero attached hydrogens (tertiary/aromatic N) is 1. The first-order chi connectivity index (χ1) is 7.27. The molecule has 3 nitrogen and oxygen atoms in total. The molecule has 0 amide bonds. The summed E-state index contributed by atoms with van der Waals surface area (Å²) in [5, 5.41) is 0. The summed E-state index contributed by atoms with van der Waals surface area (Å²) in [7, 11) is 0. The fourth-order valence-corrected chi connectivity index (χ4v) is 1.12. The van der Waals surface area contributed by atoms with Gasteiger partial charge in [-0.3, -0.25) is 4.79 Å². The van der Waals surface area contributed by atoms with Crippen LogP contribution in [0.4, 0.5) is 27.8 Å². The van der Waals surface area contributed by atoms with Crippen LogP contribution in [-0.4, -0.2) is 11.3 Å². The van der Waals surface area contributed by atoms with Crippen LogP contribution in [0.1, 0.15) is 28.0 Å². The van der Waals surface area contributed by atoms with E-state index >= 15 is 0 Å². The summed E-state index contributed by atoms with van der Waals surface area (Å²) in [6.45, 7) is 0. The zero-order valence-electron chi connectivity index (χ0n) is 7.55. The molecule has 0 aliphatic heterocycles. The zero-order chi connectivity index (χ0) is 12.5. The van der Waals surface area contributed by atoms with Crippen molar-refractivity contribution < 1.29 is 26.7 Å². The van der Waals surface area contributed by atoms with E-state index in [-0.39, 0.29) is 6.29 Å². The maximum atomic E-state index is 12.4. The molecule has 0 saturated carbocycles. The van der Waals surface area contributed by atoms with Gasteiger partial charge in [0.25, 0.3) is 6.43 Å². The Hall–Kier alpha value is -1.73. The number of anilines is 1. The number of pyridine rings is 1. The molecule has 2 N–H and O–H groups in total. The van der Waals surface area contributed by atoms with Gasteiger partial charge in [0.15, 0.2) is 6.29 Å². The summed E-state index contributed by atoms with van der Waals surface area (Å²) in [4.78, 5) is 13.3. The maximum absolute atomic E-state index is 12.4. The quantitative estimate of drug-likeness (QED) is 0.638. The fourth-order valence-electron chi connectivity index (χ4n) is 1.12. The summed E-state index contributed by atoms with van der Waals surface area (Å²) in [6.07, 6.45) is -8.19. The van der Waals surface area contributed by atoms with Crippen molar-refractivity contribution in [3.8, 4) is 0 Å². The van der Waals surface area contributed by atoms with Crippen LogP contribution in [0.2, 0.25) is 0 Å². The Labute approximate surface area is 86.1 Å². The SMILES string of the molecule is Nc1nc(C(F)F)cc(C=O)c1C(F)(F)F. The Morgan fingerprint density at radius 3 is 2.31 bits per heavy atom. The highest BCUT2D eigenvalue weighted by atomic mass is 19.4. The molecule has 0 radical (unpaired) electrons. The number of carbonyl (C=O) groups is 1. The van der Waals surface area contributed by atoms with Gasteiger partial charge in [-0.15, -0.1) is 0 Å². The smallest absolute Gasteiger partial charge is 0.383 e. The number of nitrogen functional groups attached to an aromatic ring is 1. The lowest BCUT2D eigenvalue weighted by atomic mass is 10.1. The Bertz CT molecular complexity index is 416. The van der Waals surface area contributed by atoms with E-state index in [4.69, 9.17) is 5.73 Å². The van der Waals surface area contributed by atoms with Crippen molar-refractivity contribution in [1.29, 1.82) is 0 Å². The largest absolute Gasteiger partial charge is 0.420 e. The molecular weight excluding hydrogens is 235 g/mol. The van der Waals surface area contributed by atoms with Gasteiger partial charge < -0.3 is 5.73 Å². The molecule has 1 aromatic rings. The molecule has 16 heavy (non-hydrogen) atoms. The Balaban J connectivity index is 3.47. The second kappa shape index (κ2) is 4.03. The van der Waals surface area contributed by atoms with Crippen molar-refractivity contribution in [2.24, 2.45) is 0 Å². The van der Waals surface area contributed by atoms with Gasteiger partial charge in [0.1, 0.15) is 17.1 Å². The lowest BCUT2D eigenvalue weighted by Gasteiger charge is -2.12. The van der Waals surface area contributed by atoms with Crippen molar-refractivity contribution in [3.05, 3.63) is 22.9 Å². The molecule has 0 saturated heterocycles. The van der Waals surface area contributed by atoms with E-state index in [1.54, 1.807) is 0 Å². The van der Waals surface area contributed by atoms with Crippen molar-refractivity contribution in [2.75, 3.05) is 5.73 Å². The van der Waals surface area contributed by atoms with Gasteiger partial charge in [-0.25, -0.2) is 13.8 Å². The van der Waals surface area contributed by atoms with Gasteiger partial charge in [0, 0.05) is 5.56 Å². The third-order valence-corrected chi connectivity index (χ3v) is 1.73. The van der Waals surface area contributed by atoms with Crippen LogP contribution in [0.5, 0.6) is 0 Å². The molecule has 0 spiro atoms. The van der Waals surface area contributed by atoms with Gasteiger partial charge in [-0.05, 0) is 6.07 Å². The van der Waals surface area contributed by atoms with Crippen LogP contribution in [0.15, 0.2) is 6.07 Å². The average Bonchev–Trinajstić information content (AvgIpc) is 2.14. The normalized spacial score (nSPS) is 11.9. The summed E-state index contributed by atoms with van der Waals surface area (Å²) in [5.41, 5.74) is 1.49. The number of nitrogens with two attached hydrogens (primary N) is 1. The van der Waals surface area contributed by atoms with Crippen molar-refractivity contribution >= 4 is 12.1 Å². The number of aromatic nitrogens is 1. The summed E-state index contributed by atoms with van der Waals surface area (Å²) < 4.78 is 61.4. The minimum absolute atomic E-state index is 0.188. The molecule has 0 atom stereocenters. The minimum atomic E-state index is -4.91. The summed E-state index contributed by atoms with van der Waals surface area (Å²) >= 11 is 0. The number of rotatable bonds is 2. The molecule has 88 valence electrons. The van der Waals surface area contributed by atoms with Gasteiger partial charge in [-0.1, -0.05) is 0 Å². The van der Waals surface area contributed by atoms with E-state index in [1.807, 2.05) is 0 Å². The number of hydrogen-bond donors (Lipinski definition) is 1. The van der Waals surface area contributed by atoms with Gasteiger partial charge >= 0.3 is 6.18 Å². The predicted octanol–water partition coefficient (Wildman–Crippen LogP) is 2.43. The second-order valence-corrected chi connectivity index (χ2v) is 2.81. The van der Waals surface area contributed by atoms with E-state index in [2.05, 4.69) is 4.98 Å². The molecular formula is C8H5F5N2O. The molecule has 0 bridgehead atoms. The zero-order valence-corrected chi connectivity index (χ0v) is 7.55. The first-order valence-corrected chi connectivity index (χ1v) is 3.88. The molecule has 1 rings (SSSR count). The second-order valence-electron chi connectivity index (χ2n) is 2.81. The molecule has 0 aliphatic carbocycles. The van der Waals surface area contributed by atoms with E-state index in [1.165, 1.54) is 0 Å². The van der Waals surface area contributed by atoms with Crippen LogP contribution in [0, 0.1) is 0 Å². The molecule has 0 aromatic carbocycles. The number of aldehydes is 1. The monoisotopic (exact) mass is 240 g/mol. The standard InChI is InChI=1S/C8H5F5N2O/c9-6(10)4-1-3(2-16)5(7(14)15-4)8(11,12)13/h1-2,6H,(H2,14,15). The Morgan fingerprint density at radius 2 is 1.94 bits per heavy atom. The van der Waals surface area contributed by atoms with E-state index in [9.17, 15) is 26.7 Å². The maximum Gasteiger partial charge on any atom is 0.420 e. The predicted molar refractivity (Wildman–Crippen MR) is 44.0 cm³/mol. The van der Waals surface area contributed by atoms with Crippen LogP contribution in [0.25, 0.3) is 0 Å². The molecule has 8 heteroatoms. The highest BCUT2D eigenvalue weighted by molar-refractivity contribution is 5.80. The molecule has 0 unspecified atom stereocenters. The van der Waals surface area contributed by atoms with Crippen LogP contribution in [0.3, 0.4) is 0 Å². The van der Waals surface area contributed by atoms with Crippen LogP contribution in [-0.2, 0) is 6.18 Å². The van der Waals surface area contributed by atoms with Gasteiger partial charge in [0.2, 0.25) is 0 Å². The summed E-state index contributed by atoms with van der Waals surface area (Å²) in [5.74, 6) is -1.13. The van der Waals surface area contributed by atoms with Crippen molar-refractivity contribution in [3.63, 3.8) is 0 Å². The number of hydrogen-bond acceptors (Lipinski definition) is 3. The highest BCUT2D eigenvalue weighted by Crippen LogP contribution is 2.36. The first kappa shape index (κ1) is 12.3. The third-order valence-electron chi connectivity index (χ3n) is 1.73. The average molecular weight is 240 g/mol. The van der Waals surface area contributed by atoms with E-state index in [0.29, 0.717) is 6.07 Å². The molecule has 1 heterocycles. The lowest BCUT2D eigenvalue weighted by molar-refractivity contribution is -0.137. The highest BCUT2D eigenvalue weighted by Gasteiger charge is 2.37. The Morgan fingerprint density at radius 1 is 1.38 bits per heavy atom. The minimum Gasteiger partial charge on any atom is -0.383 e. The van der Waals surface area contributed by atoms with Gasteiger partial charge in [-0.2, -0.15) is 13.2 Å². The third kappa shape index (κ3) is 2.26. The van der Waals surface area contributed by atoms with Crippen molar-refractivity contribution in [1.82, 2.24) is 4.98 Å². The molecule has 1 aromatic heterocycles. The summed E-state index contributed by atoms with van der Waals surface area (Å²) in [6, 6.07) is 0.372. The lowest BCUT2D eigenvalue weighted by Crippen LogP contribution is -2.15. The number of carbonyl (C=O) groups excluding carboxylic acids is 1. The van der Waals surface area contributed by atoms with Crippen molar-refractivity contribution in [2.45, 2.75) is 12.6 Å². The van der Waals surface area contributed by atoms with E-state index in [0.717, 1.165) is 0 Å². The topological polar surface area (TPSA) is 56.0 Å². The number of halogens is 5.